The number of aromatic nitrogens is 2. The van der Waals surface area contributed by atoms with Gasteiger partial charge in [0.25, 0.3) is 5.91 Å². The highest BCUT2D eigenvalue weighted by Crippen LogP contribution is 2.35. The van der Waals surface area contributed by atoms with Crippen molar-refractivity contribution in [2.24, 2.45) is 0 Å². The Morgan fingerprint density at radius 2 is 2.04 bits per heavy atom. The summed E-state index contributed by atoms with van der Waals surface area (Å²) < 4.78 is 9.80. The number of rotatable bonds is 3. The zero-order valence-electron chi connectivity index (χ0n) is 12.9. The molecule has 0 atom stereocenters. The van der Waals surface area contributed by atoms with Crippen LogP contribution in [0.2, 0.25) is 0 Å². The summed E-state index contributed by atoms with van der Waals surface area (Å²) in [6.07, 6.45) is 0. The minimum atomic E-state index is -0.0677. The van der Waals surface area contributed by atoms with Crippen molar-refractivity contribution >= 4 is 33.9 Å². The summed E-state index contributed by atoms with van der Waals surface area (Å²) in [5, 5.41) is 3.92. The molecule has 2 heterocycles. The predicted molar refractivity (Wildman–Crippen MR) is 94.0 cm³/mol. The molecule has 0 bridgehead atoms. The zero-order chi connectivity index (χ0) is 16.5. The molecule has 1 aliphatic rings. The second-order valence-corrected chi connectivity index (χ2v) is 6.09. The Kier molecular flexibility index (Phi) is 3.62. The third kappa shape index (κ3) is 2.69. The van der Waals surface area contributed by atoms with E-state index in [9.17, 15) is 4.79 Å². The van der Waals surface area contributed by atoms with Crippen molar-refractivity contribution in [3.63, 3.8) is 0 Å². The Morgan fingerprint density at radius 1 is 1.21 bits per heavy atom. The lowest BCUT2D eigenvalue weighted by Crippen LogP contribution is -2.35. The van der Waals surface area contributed by atoms with Gasteiger partial charge < -0.3 is 15.0 Å². The fourth-order valence-electron chi connectivity index (χ4n) is 2.45. The third-order valence-corrected chi connectivity index (χ3v) is 4.39. The molecular weight excluding hydrogens is 324 g/mol. The smallest absolute Gasteiger partial charge is 0.264 e. The highest BCUT2D eigenvalue weighted by atomic mass is 32.1. The number of likely N-dealkylation sites (N-methyl/N-ethyl adjacent to an activating group) is 1. The van der Waals surface area contributed by atoms with Crippen LogP contribution in [0.15, 0.2) is 48.5 Å². The number of carbonyl (C=O) groups excluding carboxylic acids is 1. The summed E-state index contributed by atoms with van der Waals surface area (Å²) in [4.78, 5) is 17.8. The molecular formula is C17H14N4O2S. The first-order valence-corrected chi connectivity index (χ1v) is 8.17. The molecule has 3 aromatic rings. The van der Waals surface area contributed by atoms with Crippen molar-refractivity contribution in [2.75, 3.05) is 23.9 Å². The first kappa shape index (κ1) is 14.6. The van der Waals surface area contributed by atoms with Gasteiger partial charge in [0.05, 0.1) is 5.69 Å². The molecule has 7 heteroatoms. The number of ether oxygens (including phenoxy) is 1. The second-order valence-electron chi connectivity index (χ2n) is 5.34. The van der Waals surface area contributed by atoms with E-state index in [4.69, 9.17) is 4.74 Å². The van der Waals surface area contributed by atoms with Crippen LogP contribution in [-0.4, -0.2) is 28.9 Å². The van der Waals surface area contributed by atoms with Gasteiger partial charge in [-0.25, -0.2) is 0 Å². The molecule has 0 fully saturated rings. The Hall–Kier alpha value is -2.93. The SMILES string of the molecule is CN1C(=O)COc2ccc(Nc3nc(-c4ccccc4)ns3)cc21. The number of anilines is 3. The predicted octanol–water partition coefficient (Wildman–Crippen LogP) is 3.30. The van der Waals surface area contributed by atoms with Crippen molar-refractivity contribution in [3.05, 3.63) is 48.5 Å². The summed E-state index contributed by atoms with van der Waals surface area (Å²) in [5.41, 5.74) is 2.55. The molecule has 0 spiro atoms. The van der Waals surface area contributed by atoms with E-state index in [0.29, 0.717) is 16.7 Å². The summed E-state index contributed by atoms with van der Waals surface area (Å²) in [5.74, 6) is 1.32. The van der Waals surface area contributed by atoms with E-state index in [1.165, 1.54) is 11.5 Å². The lowest BCUT2D eigenvalue weighted by molar-refractivity contribution is -0.120. The Morgan fingerprint density at radius 3 is 2.88 bits per heavy atom. The second kappa shape index (κ2) is 5.93. The number of fused-ring (bicyclic) bond motifs is 1. The largest absolute Gasteiger partial charge is 0.482 e. The number of benzene rings is 2. The normalized spacial score (nSPS) is 13.4. The van der Waals surface area contributed by atoms with Gasteiger partial charge in [0.2, 0.25) is 5.13 Å². The quantitative estimate of drug-likeness (QED) is 0.793. The molecule has 0 saturated heterocycles. The van der Waals surface area contributed by atoms with Crippen molar-refractivity contribution in [3.8, 4) is 17.1 Å². The summed E-state index contributed by atoms with van der Waals surface area (Å²) in [6.45, 7) is 0.0765. The summed E-state index contributed by atoms with van der Waals surface area (Å²) in [7, 11) is 1.74. The average molecular weight is 338 g/mol. The van der Waals surface area contributed by atoms with Crippen LogP contribution in [0.3, 0.4) is 0 Å². The maximum Gasteiger partial charge on any atom is 0.264 e. The molecule has 6 nitrogen and oxygen atoms in total. The Balaban J connectivity index is 1.58. The highest BCUT2D eigenvalue weighted by Gasteiger charge is 2.22. The molecule has 2 aromatic carbocycles. The fourth-order valence-corrected chi connectivity index (χ4v) is 3.06. The minimum absolute atomic E-state index is 0.0677. The van der Waals surface area contributed by atoms with E-state index in [1.807, 2.05) is 48.5 Å². The summed E-state index contributed by atoms with van der Waals surface area (Å²) in [6, 6.07) is 15.4. The van der Waals surface area contributed by atoms with Crippen LogP contribution in [0.5, 0.6) is 5.75 Å². The van der Waals surface area contributed by atoms with Crippen LogP contribution in [0.25, 0.3) is 11.4 Å². The van der Waals surface area contributed by atoms with Crippen LogP contribution >= 0.6 is 11.5 Å². The molecule has 0 unspecified atom stereocenters. The van der Waals surface area contributed by atoms with Crippen LogP contribution < -0.4 is 15.0 Å². The molecule has 120 valence electrons. The van der Waals surface area contributed by atoms with Crippen molar-refractivity contribution in [2.45, 2.75) is 0 Å². The number of hydrogen-bond donors (Lipinski definition) is 1. The average Bonchev–Trinajstić information content (AvgIpc) is 3.08. The van der Waals surface area contributed by atoms with Crippen molar-refractivity contribution in [1.82, 2.24) is 9.36 Å². The van der Waals surface area contributed by atoms with Gasteiger partial charge >= 0.3 is 0 Å². The third-order valence-electron chi connectivity index (χ3n) is 3.75. The molecule has 0 saturated carbocycles. The Labute approximate surface area is 142 Å². The van der Waals surface area contributed by atoms with Crippen LogP contribution in [0, 0.1) is 0 Å². The number of hydrogen-bond acceptors (Lipinski definition) is 6. The number of nitrogens with one attached hydrogen (secondary N) is 1. The van der Waals surface area contributed by atoms with Gasteiger partial charge in [-0.15, -0.1) is 0 Å². The van der Waals surface area contributed by atoms with E-state index in [2.05, 4.69) is 14.7 Å². The zero-order valence-corrected chi connectivity index (χ0v) is 13.7. The number of nitrogens with zero attached hydrogens (tertiary/aromatic N) is 3. The van der Waals surface area contributed by atoms with E-state index in [0.717, 1.165) is 16.9 Å². The molecule has 1 amide bonds. The van der Waals surface area contributed by atoms with Crippen LogP contribution in [0.1, 0.15) is 0 Å². The topological polar surface area (TPSA) is 67.3 Å². The van der Waals surface area contributed by atoms with Gasteiger partial charge in [-0.1, -0.05) is 30.3 Å². The molecule has 0 aliphatic carbocycles. The van der Waals surface area contributed by atoms with Gasteiger partial charge in [0, 0.05) is 29.8 Å². The van der Waals surface area contributed by atoms with Gasteiger partial charge in [-0.2, -0.15) is 9.36 Å². The van der Waals surface area contributed by atoms with Gasteiger partial charge in [-0.3, -0.25) is 4.79 Å². The monoisotopic (exact) mass is 338 g/mol. The van der Waals surface area contributed by atoms with Crippen molar-refractivity contribution in [1.29, 1.82) is 0 Å². The highest BCUT2D eigenvalue weighted by molar-refractivity contribution is 7.09. The molecule has 1 aliphatic heterocycles. The maximum absolute atomic E-state index is 11.7. The Bertz CT molecular complexity index is 895. The van der Waals surface area contributed by atoms with Gasteiger partial charge in [0.1, 0.15) is 5.75 Å². The van der Waals surface area contributed by atoms with Crippen LogP contribution in [0.4, 0.5) is 16.5 Å². The molecule has 1 aromatic heterocycles. The van der Waals surface area contributed by atoms with E-state index in [1.54, 1.807) is 11.9 Å². The first-order chi connectivity index (χ1) is 11.7. The van der Waals surface area contributed by atoms with Crippen LogP contribution in [-0.2, 0) is 4.79 Å². The maximum atomic E-state index is 11.7. The summed E-state index contributed by atoms with van der Waals surface area (Å²) >= 11 is 1.29. The fraction of sp³-hybridized carbons (Fsp3) is 0.118. The van der Waals surface area contributed by atoms with Crippen molar-refractivity contribution < 1.29 is 9.53 Å². The molecule has 24 heavy (non-hydrogen) atoms. The lowest BCUT2D eigenvalue weighted by Gasteiger charge is -2.26. The lowest BCUT2D eigenvalue weighted by atomic mass is 10.2. The first-order valence-electron chi connectivity index (χ1n) is 7.40. The standard InChI is InChI=1S/C17H14N4O2S/c1-21-13-9-12(7-8-14(13)23-10-15(21)22)18-17-19-16(20-24-17)11-5-3-2-4-6-11/h2-9H,10H2,1H3,(H,18,19,20). The minimum Gasteiger partial charge on any atom is -0.482 e. The van der Waals surface area contributed by atoms with E-state index in [-0.39, 0.29) is 12.5 Å². The van der Waals surface area contributed by atoms with E-state index < -0.39 is 0 Å². The number of amides is 1. The molecule has 1 N–H and O–H groups in total. The number of carbonyl (C=O) groups is 1. The molecule has 4 rings (SSSR count). The van der Waals surface area contributed by atoms with Gasteiger partial charge in [0.15, 0.2) is 12.4 Å². The van der Waals surface area contributed by atoms with E-state index >= 15 is 0 Å². The molecule has 0 radical (unpaired) electrons. The van der Waals surface area contributed by atoms with Gasteiger partial charge in [-0.05, 0) is 18.2 Å².